The largest absolute Gasteiger partial charge is 0.493 e. The molecule has 1 amide bonds. The summed E-state index contributed by atoms with van der Waals surface area (Å²) in [6.07, 6.45) is 0.833. The Balaban J connectivity index is 3.08. The van der Waals surface area contributed by atoms with Gasteiger partial charge in [-0.25, -0.2) is 0 Å². The van der Waals surface area contributed by atoms with Crippen LogP contribution in [-0.4, -0.2) is 25.7 Å². The Bertz CT molecular complexity index is 472. The molecule has 19 heavy (non-hydrogen) atoms. The minimum Gasteiger partial charge on any atom is -0.493 e. The quantitative estimate of drug-likeness (QED) is 0.903. The van der Waals surface area contributed by atoms with Gasteiger partial charge >= 0.3 is 0 Å². The smallest absolute Gasteiger partial charge is 0.251 e. The Morgan fingerprint density at radius 2 is 1.95 bits per heavy atom. The van der Waals surface area contributed by atoms with Crippen LogP contribution < -0.4 is 14.8 Å². The van der Waals surface area contributed by atoms with Gasteiger partial charge < -0.3 is 14.8 Å². The van der Waals surface area contributed by atoms with Crippen LogP contribution in [-0.2, 0) is 0 Å². The van der Waals surface area contributed by atoms with Crippen LogP contribution in [0.1, 0.15) is 37.6 Å². The first-order valence-corrected chi connectivity index (χ1v) is 6.46. The van der Waals surface area contributed by atoms with E-state index in [9.17, 15) is 4.79 Å². The first kappa shape index (κ1) is 15.6. The lowest BCUT2D eigenvalue weighted by atomic mass is 10.0. The van der Waals surface area contributed by atoms with E-state index in [0.717, 1.165) is 6.42 Å². The molecule has 0 saturated heterocycles. The first-order chi connectivity index (χ1) is 8.84. The zero-order valence-corrected chi connectivity index (χ0v) is 12.7. The normalized spacial score (nSPS) is 11.1. The summed E-state index contributed by atoms with van der Waals surface area (Å²) in [6.45, 7) is 5.95. The third-order valence-corrected chi connectivity index (χ3v) is 3.31. The molecule has 1 aromatic rings. The maximum atomic E-state index is 12.2. The molecule has 0 unspecified atom stereocenters. The summed E-state index contributed by atoms with van der Waals surface area (Å²) in [5, 5.41) is 3.29. The maximum Gasteiger partial charge on any atom is 0.251 e. The molecule has 0 spiro atoms. The van der Waals surface area contributed by atoms with Gasteiger partial charge in [0.15, 0.2) is 11.5 Å². The van der Waals surface area contributed by atoms with Gasteiger partial charge in [-0.3, -0.25) is 4.79 Å². The van der Waals surface area contributed by atoms with Gasteiger partial charge in [0, 0.05) is 11.1 Å². The molecule has 1 rings (SSSR count). The SMILES string of the molecule is CCC(C)(C)NC(=O)c1cc(Cl)c(OC)c(OC)c1. The fourth-order valence-electron chi connectivity index (χ4n) is 1.52. The molecule has 106 valence electrons. The Morgan fingerprint density at radius 1 is 1.32 bits per heavy atom. The number of benzene rings is 1. The molecule has 0 fully saturated rings. The average Bonchev–Trinajstić information content (AvgIpc) is 2.37. The Kier molecular flexibility index (Phi) is 5.06. The van der Waals surface area contributed by atoms with E-state index >= 15 is 0 Å². The van der Waals surface area contributed by atoms with Crippen molar-refractivity contribution in [3.63, 3.8) is 0 Å². The third-order valence-electron chi connectivity index (χ3n) is 3.03. The van der Waals surface area contributed by atoms with Gasteiger partial charge in [0.05, 0.1) is 19.2 Å². The fraction of sp³-hybridized carbons (Fsp3) is 0.500. The zero-order valence-electron chi connectivity index (χ0n) is 12.0. The van der Waals surface area contributed by atoms with Crippen LogP contribution in [0.2, 0.25) is 5.02 Å². The second kappa shape index (κ2) is 6.15. The lowest BCUT2D eigenvalue weighted by Crippen LogP contribution is -2.42. The molecule has 0 aliphatic rings. The van der Waals surface area contributed by atoms with Gasteiger partial charge in [0.25, 0.3) is 5.91 Å². The Labute approximate surface area is 119 Å². The molecule has 1 N–H and O–H groups in total. The number of carbonyl (C=O) groups excluding carboxylic acids is 1. The van der Waals surface area contributed by atoms with Gasteiger partial charge in [0.2, 0.25) is 0 Å². The molecular formula is C14H20ClNO3. The molecule has 5 heteroatoms. The Hall–Kier alpha value is -1.42. The molecule has 0 atom stereocenters. The second-order valence-electron chi connectivity index (χ2n) is 4.89. The maximum absolute atomic E-state index is 12.2. The van der Waals surface area contributed by atoms with E-state index in [2.05, 4.69) is 5.32 Å². The van der Waals surface area contributed by atoms with Crippen LogP contribution >= 0.6 is 11.6 Å². The summed E-state index contributed by atoms with van der Waals surface area (Å²) < 4.78 is 10.3. The molecule has 0 heterocycles. The minimum atomic E-state index is -0.267. The highest BCUT2D eigenvalue weighted by Crippen LogP contribution is 2.36. The van der Waals surface area contributed by atoms with Crippen molar-refractivity contribution in [1.29, 1.82) is 0 Å². The molecule has 0 aliphatic carbocycles. The van der Waals surface area contributed by atoms with Crippen molar-refractivity contribution >= 4 is 17.5 Å². The average molecular weight is 286 g/mol. The lowest BCUT2D eigenvalue weighted by Gasteiger charge is -2.24. The first-order valence-electron chi connectivity index (χ1n) is 6.08. The minimum absolute atomic E-state index is 0.185. The molecule has 0 aromatic heterocycles. The van der Waals surface area contributed by atoms with E-state index in [4.69, 9.17) is 21.1 Å². The van der Waals surface area contributed by atoms with Crippen molar-refractivity contribution < 1.29 is 14.3 Å². The standard InChI is InChI=1S/C14H20ClNO3/c1-6-14(2,3)16-13(17)9-7-10(15)12(19-5)11(8-9)18-4/h7-8H,6H2,1-5H3,(H,16,17). The van der Waals surface area contributed by atoms with Crippen molar-refractivity contribution in [2.24, 2.45) is 0 Å². The van der Waals surface area contributed by atoms with Crippen LogP contribution in [0.4, 0.5) is 0 Å². The van der Waals surface area contributed by atoms with Crippen LogP contribution in [0.15, 0.2) is 12.1 Å². The van der Waals surface area contributed by atoms with E-state index < -0.39 is 0 Å². The topological polar surface area (TPSA) is 47.6 Å². The van der Waals surface area contributed by atoms with Gasteiger partial charge in [-0.1, -0.05) is 18.5 Å². The summed E-state index contributed by atoms with van der Waals surface area (Å²) in [4.78, 5) is 12.2. The number of ether oxygens (including phenoxy) is 2. The van der Waals surface area contributed by atoms with Crippen molar-refractivity contribution in [1.82, 2.24) is 5.32 Å². The van der Waals surface area contributed by atoms with Crippen LogP contribution in [0.25, 0.3) is 0 Å². The zero-order chi connectivity index (χ0) is 14.6. The van der Waals surface area contributed by atoms with Gasteiger partial charge in [0.1, 0.15) is 0 Å². The highest BCUT2D eigenvalue weighted by molar-refractivity contribution is 6.32. The number of methoxy groups -OCH3 is 2. The van der Waals surface area contributed by atoms with E-state index in [1.54, 1.807) is 12.1 Å². The predicted octanol–water partition coefficient (Wildman–Crippen LogP) is 3.28. The molecule has 0 radical (unpaired) electrons. The molecular weight excluding hydrogens is 266 g/mol. The van der Waals surface area contributed by atoms with Gasteiger partial charge in [-0.2, -0.15) is 0 Å². The van der Waals surface area contributed by atoms with Crippen LogP contribution in [0, 0.1) is 0 Å². The summed E-state index contributed by atoms with van der Waals surface area (Å²) in [5.41, 5.74) is 0.181. The number of hydrogen-bond donors (Lipinski definition) is 1. The lowest BCUT2D eigenvalue weighted by molar-refractivity contribution is 0.0911. The number of nitrogens with one attached hydrogen (secondary N) is 1. The number of halogens is 1. The van der Waals surface area contributed by atoms with Gasteiger partial charge in [-0.15, -0.1) is 0 Å². The summed E-state index contributed by atoms with van der Waals surface area (Å²) in [6, 6.07) is 3.19. The number of amides is 1. The number of rotatable bonds is 5. The van der Waals surface area contributed by atoms with E-state index in [1.165, 1.54) is 14.2 Å². The van der Waals surface area contributed by atoms with Gasteiger partial charge in [-0.05, 0) is 32.4 Å². The van der Waals surface area contributed by atoms with Crippen molar-refractivity contribution in [2.45, 2.75) is 32.7 Å². The molecule has 0 saturated carbocycles. The number of hydrogen-bond acceptors (Lipinski definition) is 3. The molecule has 0 bridgehead atoms. The van der Waals surface area contributed by atoms with Crippen molar-refractivity contribution in [3.8, 4) is 11.5 Å². The highest BCUT2D eigenvalue weighted by atomic mass is 35.5. The Morgan fingerprint density at radius 3 is 2.42 bits per heavy atom. The molecule has 0 aliphatic heterocycles. The highest BCUT2D eigenvalue weighted by Gasteiger charge is 2.21. The van der Waals surface area contributed by atoms with Crippen LogP contribution in [0.5, 0.6) is 11.5 Å². The molecule has 1 aromatic carbocycles. The van der Waals surface area contributed by atoms with E-state index in [0.29, 0.717) is 22.1 Å². The van der Waals surface area contributed by atoms with E-state index in [-0.39, 0.29) is 11.4 Å². The van der Waals surface area contributed by atoms with Crippen LogP contribution in [0.3, 0.4) is 0 Å². The fourth-order valence-corrected chi connectivity index (χ4v) is 1.80. The van der Waals surface area contributed by atoms with Crippen molar-refractivity contribution in [2.75, 3.05) is 14.2 Å². The second-order valence-corrected chi connectivity index (χ2v) is 5.29. The predicted molar refractivity (Wildman–Crippen MR) is 76.4 cm³/mol. The molecule has 4 nitrogen and oxygen atoms in total. The monoisotopic (exact) mass is 285 g/mol. The summed E-state index contributed by atoms with van der Waals surface area (Å²) in [7, 11) is 3.01. The third kappa shape index (κ3) is 3.77. The number of carbonyl (C=O) groups is 1. The van der Waals surface area contributed by atoms with Crippen molar-refractivity contribution in [3.05, 3.63) is 22.7 Å². The summed E-state index contributed by atoms with van der Waals surface area (Å²) in [5.74, 6) is 0.680. The van der Waals surface area contributed by atoms with E-state index in [1.807, 2.05) is 20.8 Å². The summed E-state index contributed by atoms with van der Waals surface area (Å²) >= 11 is 6.08.